The lowest BCUT2D eigenvalue weighted by atomic mass is 10.0. The van der Waals surface area contributed by atoms with Crippen molar-refractivity contribution in [1.82, 2.24) is 5.06 Å². The van der Waals surface area contributed by atoms with Crippen molar-refractivity contribution in [2.45, 2.75) is 58.3 Å². The molecule has 1 aromatic rings. The standard InChI is InChI=1S/C19H27N3O4/c1-2-22(26)19(25)8-6-4-3-5-7-17(23)20-15-10-11-16-14(13-15)9-12-18(24)21-16/h10-11,13,26H,2-9,12H2,1H3,(H,20,23)(H,21,24). The number of aryl methyl sites for hydroxylation is 1. The number of carbonyl (C=O) groups excluding carboxylic acids is 3. The Labute approximate surface area is 153 Å². The summed E-state index contributed by atoms with van der Waals surface area (Å²) >= 11 is 0. The highest BCUT2D eigenvalue weighted by Gasteiger charge is 2.15. The van der Waals surface area contributed by atoms with Crippen LogP contribution in [0.15, 0.2) is 18.2 Å². The van der Waals surface area contributed by atoms with Gasteiger partial charge in [0.2, 0.25) is 17.7 Å². The molecule has 0 saturated heterocycles. The van der Waals surface area contributed by atoms with Gasteiger partial charge >= 0.3 is 0 Å². The van der Waals surface area contributed by atoms with Crippen LogP contribution in [0.3, 0.4) is 0 Å². The van der Waals surface area contributed by atoms with Crippen LogP contribution in [-0.2, 0) is 20.8 Å². The molecule has 1 heterocycles. The highest BCUT2D eigenvalue weighted by molar-refractivity contribution is 5.95. The van der Waals surface area contributed by atoms with Crippen molar-refractivity contribution in [3.63, 3.8) is 0 Å². The van der Waals surface area contributed by atoms with Gasteiger partial charge in [-0.2, -0.15) is 0 Å². The maximum atomic E-state index is 12.0. The number of carbonyl (C=O) groups is 3. The van der Waals surface area contributed by atoms with Gasteiger partial charge in [-0.05, 0) is 49.9 Å². The van der Waals surface area contributed by atoms with Gasteiger partial charge in [0.15, 0.2) is 0 Å². The van der Waals surface area contributed by atoms with E-state index in [0.29, 0.717) is 38.6 Å². The van der Waals surface area contributed by atoms with E-state index >= 15 is 0 Å². The summed E-state index contributed by atoms with van der Waals surface area (Å²) in [5.74, 6) is -0.264. The highest BCUT2D eigenvalue weighted by atomic mass is 16.5. The lowest BCUT2D eigenvalue weighted by Gasteiger charge is -2.17. The van der Waals surface area contributed by atoms with Crippen molar-refractivity contribution in [2.24, 2.45) is 0 Å². The molecule has 26 heavy (non-hydrogen) atoms. The van der Waals surface area contributed by atoms with Crippen LogP contribution in [0.25, 0.3) is 0 Å². The van der Waals surface area contributed by atoms with E-state index in [2.05, 4.69) is 10.6 Å². The molecule has 3 amide bonds. The molecule has 0 atom stereocenters. The molecule has 7 nitrogen and oxygen atoms in total. The Balaban J connectivity index is 1.63. The van der Waals surface area contributed by atoms with Gasteiger partial charge in [-0.3, -0.25) is 19.6 Å². The lowest BCUT2D eigenvalue weighted by Crippen LogP contribution is -2.26. The highest BCUT2D eigenvalue weighted by Crippen LogP contribution is 2.25. The normalized spacial score (nSPS) is 12.9. The molecule has 0 aromatic heterocycles. The second-order valence-corrected chi connectivity index (χ2v) is 6.49. The first-order valence-electron chi connectivity index (χ1n) is 9.21. The topological polar surface area (TPSA) is 98.7 Å². The van der Waals surface area contributed by atoms with E-state index in [0.717, 1.165) is 41.3 Å². The monoisotopic (exact) mass is 361 g/mol. The molecule has 0 unspecified atom stereocenters. The van der Waals surface area contributed by atoms with E-state index in [9.17, 15) is 19.6 Å². The quantitative estimate of drug-likeness (QED) is 0.357. The van der Waals surface area contributed by atoms with E-state index < -0.39 is 0 Å². The molecule has 0 spiro atoms. The summed E-state index contributed by atoms with van der Waals surface area (Å²) in [5.41, 5.74) is 2.61. The van der Waals surface area contributed by atoms with Crippen LogP contribution in [0.2, 0.25) is 0 Å². The SMILES string of the molecule is CCN(O)C(=O)CCCCCCC(=O)Nc1ccc2c(c1)CCC(=O)N2. The summed E-state index contributed by atoms with van der Waals surface area (Å²) in [6.45, 7) is 2.02. The van der Waals surface area contributed by atoms with Gasteiger partial charge in [0.25, 0.3) is 0 Å². The summed E-state index contributed by atoms with van der Waals surface area (Å²) in [6.07, 6.45) is 5.13. The molecule has 3 N–H and O–H groups in total. The third-order valence-electron chi connectivity index (χ3n) is 4.42. The summed E-state index contributed by atoms with van der Waals surface area (Å²) in [7, 11) is 0. The molecular formula is C19H27N3O4. The summed E-state index contributed by atoms with van der Waals surface area (Å²) < 4.78 is 0. The Morgan fingerprint density at radius 1 is 1.15 bits per heavy atom. The zero-order chi connectivity index (χ0) is 18.9. The molecular weight excluding hydrogens is 334 g/mol. The number of unbranched alkanes of at least 4 members (excludes halogenated alkanes) is 3. The molecule has 0 radical (unpaired) electrons. The molecule has 1 aromatic carbocycles. The Kier molecular flexibility index (Phi) is 7.59. The fourth-order valence-corrected chi connectivity index (χ4v) is 2.91. The van der Waals surface area contributed by atoms with Gasteiger partial charge < -0.3 is 10.6 Å². The van der Waals surface area contributed by atoms with Crippen LogP contribution in [0.5, 0.6) is 0 Å². The van der Waals surface area contributed by atoms with E-state index in [1.54, 1.807) is 13.0 Å². The number of hydrogen-bond acceptors (Lipinski definition) is 4. The predicted octanol–water partition coefficient (Wildman–Crippen LogP) is 3.09. The lowest BCUT2D eigenvalue weighted by molar-refractivity contribution is -0.164. The van der Waals surface area contributed by atoms with Crippen molar-refractivity contribution < 1.29 is 19.6 Å². The van der Waals surface area contributed by atoms with E-state index in [1.807, 2.05) is 12.1 Å². The largest absolute Gasteiger partial charge is 0.326 e. The Hall–Kier alpha value is -2.41. The summed E-state index contributed by atoms with van der Waals surface area (Å²) in [4.78, 5) is 34.8. The zero-order valence-corrected chi connectivity index (χ0v) is 15.2. The van der Waals surface area contributed by atoms with Crippen LogP contribution in [-0.4, -0.2) is 34.5 Å². The number of rotatable bonds is 9. The fourth-order valence-electron chi connectivity index (χ4n) is 2.91. The molecule has 2 rings (SSSR count). The molecule has 142 valence electrons. The summed E-state index contributed by atoms with van der Waals surface area (Å²) in [5, 5.41) is 15.7. The van der Waals surface area contributed by atoms with Gasteiger partial charge in [-0.1, -0.05) is 12.8 Å². The van der Waals surface area contributed by atoms with Crippen LogP contribution >= 0.6 is 0 Å². The molecule has 7 heteroatoms. The van der Waals surface area contributed by atoms with E-state index in [-0.39, 0.29) is 17.7 Å². The van der Waals surface area contributed by atoms with Crippen molar-refractivity contribution in [3.05, 3.63) is 23.8 Å². The number of nitrogens with one attached hydrogen (secondary N) is 2. The van der Waals surface area contributed by atoms with Crippen molar-refractivity contribution in [3.8, 4) is 0 Å². The minimum atomic E-state index is -0.256. The predicted molar refractivity (Wildman–Crippen MR) is 98.9 cm³/mol. The van der Waals surface area contributed by atoms with Crippen molar-refractivity contribution in [2.75, 3.05) is 17.2 Å². The Morgan fingerprint density at radius 3 is 2.62 bits per heavy atom. The number of hydrogen-bond donors (Lipinski definition) is 3. The minimum Gasteiger partial charge on any atom is -0.326 e. The zero-order valence-electron chi connectivity index (χ0n) is 15.2. The molecule has 0 fully saturated rings. The molecule has 0 bridgehead atoms. The fraction of sp³-hybridized carbons (Fsp3) is 0.526. The number of fused-ring (bicyclic) bond motifs is 1. The first-order valence-corrected chi connectivity index (χ1v) is 9.21. The van der Waals surface area contributed by atoms with Crippen LogP contribution in [0.1, 0.15) is 57.4 Å². The Morgan fingerprint density at radius 2 is 1.88 bits per heavy atom. The average Bonchev–Trinajstić information content (AvgIpc) is 2.63. The summed E-state index contributed by atoms with van der Waals surface area (Å²) in [6, 6.07) is 5.52. The molecule has 1 aliphatic heterocycles. The van der Waals surface area contributed by atoms with Gasteiger partial charge in [-0.15, -0.1) is 0 Å². The number of anilines is 2. The minimum absolute atomic E-state index is 0.0253. The van der Waals surface area contributed by atoms with Gasteiger partial charge in [0, 0.05) is 37.2 Å². The number of hydroxylamine groups is 2. The molecule has 1 aliphatic rings. The van der Waals surface area contributed by atoms with Gasteiger partial charge in [0.1, 0.15) is 0 Å². The van der Waals surface area contributed by atoms with Gasteiger partial charge in [0.05, 0.1) is 0 Å². The maximum absolute atomic E-state index is 12.0. The molecule has 0 saturated carbocycles. The smallest absolute Gasteiger partial charge is 0.245 e. The van der Waals surface area contributed by atoms with E-state index in [4.69, 9.17) is 0 Å². The third-order valence-corrected chi connectivity index (χ3v) is 4.42. The third kappa shape index (κ3) is 6.15. The van der Waals surface area contributed by atoms with Gasteiger partial charge in [-0.25, -0.2) is 5.06 Å². The van der Waals surface area contributed by atoms with Crippen molar-refractivity contribution >= 4 is 29.1 Å². The second kappa shape index (κ2) is 9.91. The molecule has 0 aliphatic carbocycles. The van der Waals surface area contributed by atoms with Crippen LogP contribution in [0.4, 0.5) is 11.4 Å². The van der Waals surface area contributed by atoms with Crippen LogP contribution < -0.4 is 10.6 Å². The number of benzene rings is 1. The maximum Gasteiger partial charge on any atom is 0.245 e. The number of nitrogens with zero attached hydrogens (tertiary/aromatic N) is 1. The van der Waals surface area contributed by atoms with E-state index in [1.165, 1.54) is 0 Å². The second-order valence-electron chi connectivity index (χ2n) is 6.49. The average molecular weight is 361 g/mol. The first-order chi connectivity index (χ1) is 12.5. The first kappa shape index (κ1) is 19.9. The van der Waals surface area contributed by atoms with Crippen molar-refractivity contribution in [1.29, 1.82) is 0 Å². The van der Waals surface area contributed by atoms with Crippen LogP contribution in [0, 0.1) is 0 Å². The Bertz CT molecular complexity index is 660. The number of amides is 3.